The van der Waals surface area contributed by atoms with Crippen LogP contribution in [-0.2, 0) is 6.42 Å². The van der Waals surface area contributed by atoms with E-state index in [-0.39, 0.29) is 0 Å². The maximum absolute atomic E-state index is 11.3. The Morgan fingerprint density at radius 3 is 2.48 bits per heavy atom. The fourth-order valence-corrected chi connectivity index (χ4v) is 4.06. The van der Waals surface area contributed by atoms with Gasteiger partial charge in [0.25, 0.3) is 0 Å². The fraction of sp³-hybridized carbons (Fsp3) is 0.444. The number of carboxylic acids is 1. The minimum absolute atomic E-state index is 0.363. The molecule has 134 valence electrons. The first kappa shape index (κ1) is 17.5. The molecule has 1 fully saturated rings. The predicted octanol–water partition coefficient (Wildman–Crippen LogP) is 3.13. The SMILES string of the molecule is CCOc1ccccc1N1CCN(c2nc(CC)c(C(=O)O)s2)CC1. The Morgan fingerprint density at radius 1 is 1.20 bits per heavy atom. The van der Waals surface area contributed by atoms with Crippen LogP contribution in [-0.4, -0.2) is 48.8 Å². The topological polar surface area (TPSA) is 65.9 Å². The van der Waals surface area contributed by atoms with Crippen LogP contribution in [0.2, 0.25) is 0 Å². The Kier molecular flexibility index (Phi) is 5.43. The molecule has 1 aromatic heterocycles. The second-order valence-corrected chi connectivity index (χ2v) is 6.78. The number of hydrogen-bond acceptors (Lipinski definition) is 6. The Balaban J connectivity index is 1.71. The highest BCUT2D eigenvalue weighted by molar-refractivity contribution is 7.17. The minimum Gasteiger partial charge on any atom is -0.492 e. The molecule has 7 heteroatoms. The number of aryl methyl sites for hydroxylation is 1. The molecule has 0 radical (unpaired) electrons. The lowest BCUT2D eigenvalue weighted by Crippen LogP contribution is -2.46. The van der Waals surface area contributed by atoms with Crippen LogP contribution < -0.4 is 14.5 Å². The van der Waals surface area contributed by atoms with E-state index in [2.05, 4.69) is 20.9 Å². The molecule has 0 saturated carbocycles. The first-order chi connectivity index (χ1) is 12.1. The number of ether oxygens (including phenoxy) is 1. The second-order valence-electron chi connectivity index (χ2n) is 5.81. The number of rotatable bonds is 6. The number of hydrogen-bond donors (Lipinski definition) is 1. The van der Waals surface area contributed by atoms with Gasteiger partial charge in [-0.15, -0.1) is 0 Å². The van der Waals surface area contributed by atoms with E-state index < -0.39 is 5.97 Å². The van der Waals surface area contributed by atoms with Crippen molar-refractivity contribution in [2.45, 2.75) is 20.3 Å². The van der Waals surface area contributed by atoms with Crippen molar-refractivity contribution in [3.8, 4) is 5.75 Å². The largest absolute Gasteiger partial charge is 0.492 e. The number of anilines is 2. The molecule has 1 aromatic carbocycles. The minimum atomic E-state index is -0.884. The van der Waals surface area contributed by atoms with Gasteiger partial charge in [0.2, 0.25) is 0 Å². The van der Waals surface area contributed by atoms with Crippen LogP contribution in [0.5, 0.6) is 5.75 Å². The van der Waals surface area contributed by atoms with Crippen LogP contribution in [0.4, 0.5) is 10.8 Å². The molecule has 0 bridgehead atoms. The lowest BCUT2D eigenvalue weighted by atomic mass is 10.2. The first-order valence-electron chi connectivity index (χ1n) is 8.58. The highest BCUT2D eigenvalue weighted by Crippen LogP contribution is 2.31. The molecule has 1 aliphatic rings. The smallest absolute Gasteiger partial charge is 0.347 e. The lowest BCUT2D eigenvalue weighted by molar-refractivity contribution is 0.0701. The van der Waals surface area contributed by atoms with E-state index in [0.29, 0.717) is 23.6 Å². The highest BCUT2D eigenvalue weighted by atomic mass is 32.1. The third-order valence-electron chi connectivity index (χ3n) is 4.27. The molecule has 2 aromatic rings. The van der Waals surface area contributed by atoms with E-state index in [1.54, 1.807) is 0 Å². The summed E-state index contributed by atoms with van der Waals surface area (Å²) in [6.45, 7) is 7.91. The molecule has 3 rings (SSSR count). The van der Waals surface area contributed by atoms with Crippen molar-refractivity contribution in [1.82, 2.24) is 4.98 Å². The molecule has 0 amide bonds. The number of carbonyl (C=O) groups is 1. The van der Waals surface area contributed by atoms with Gasteiger partial charge in [-0.3, -0.25) is 0 Å². The molecule has 0 unspecified atom stereocenters. The van der Waals surface area contributed by atoms with Crippen LogP contribution in [0.3, 0.4) is 0 Å². The number of para-hydroxylation sites is 2. The number of benzene rings is 1. The zero-order valence-electron chi connectivity index (χ0n) is 14.6. The zero-order chi connectivity index (χ0) is 17.8. The van der Waals surface area contributed by atoms with Gasteiger partial charge in [-0.05, 0) is 25.5 Å². The van der Waals surface area contributed by atoms with E-state index in [9.17, 15) is 9.90 Å². The molecule has 1 N–H and O–H groups in total. The van der Waals surface area contributed by atoms with Gasteiger partial charge in [-0.25, -0.2) is 9.78 Å². The number of aromatic nitrogens is 1. The molecular weight excluding hydrogens is 338 g/mol. The summed E-state index contributed by atoms with van der Waals surface area (Å²) in [6.07, 6.45) is 0.639. The van der Waals surface area contributed by atoms with Crippen molar-refractivity contribution >= 4 is 28.1 Å². The fourth-order valence-electron chi connectivity index (χ4n) is 3.02. The Bertz CT molecular complexity index is 739. The lowest BCUT2D eigenvalue weighted by Gasteiger charge is -2.36. The van der Waals surface area contributed by atoms with Crippen molar-refractivity contribution in [3.63, 3.8) is 0 Å². The molecule has 2 heterocycles. The summed E-state index contributed by atoms with van der Waals surface area (Å²) in [6, 6.07) is 8.10. The molecule has 1 saturated heterocycles. The second kappa shape index (κ2) is 7.74. The standard InChI is InChI=1S/C18H23N3O3S/c1-3-13-16(17(22)23)25-18(19-13)21-11-9-20(10-12-21)14-7-5-6-8-15(14)24-4-2/h5-8H,3-4,9-12H2,1-2H3,(H,22,23). The first-order valence-corrected chi connectivity index (χ1v) is 9.40. The summed E-state index contributed by atoms with van der Waals surface area (Å²) < 4.78 is 5.73. The van der Waals surface area contributed by atoms with Crippen LogP contribution >= 0.6 is 11.3 Å². The van der Waals surface area contributed by atoms with E-state index in [1.165, 1.54) is 11.3 Å². The van der Waals surface area contributed by atoms with Crippen molar-refractivity contribution in [2.24, 2.45) is 0 Å². The Morgan fingerprint density at radius 2 is 1.88 bits per heavy atom. The van der Waals surface area contributed by atoms with Gasteiger partial charge in [0.15, 0.2) is 5.13 Å². The zero-order valence-corrected chi connectivity index (χ0v) is 15.4. The number of piperazine rings is 1. The summed E-state index contributed by atoms with van der Waals surface area (Å²) in [5.74, 6) is 0.0269. The maximum atomic E-state index is 11.3. The van der Waals surface area contributed by atoms with Gasteiger partial charge < -0.3 is 19.6 Å². The van der Waals surface area contributed by atoms with Crippen LogP contribution in [0.25, 0.3) is 0 Å². The summed E-state index contributed by atoms with van der Waals surface area (Å²) in [5.41, 5.74) is 1.79. The molecule has 6 nitrogen and oxygen atoms in total. The monoisotopic (exact) mass is 361 g/mol. The molecule has 0 spiro atoms. The average molecular weight is 361 g/mol. The van der Waals surface area contributed by atoms with Crippen molar-refractivity contribution in [1.29, 1.82) is 0 Å². The van der Waals surface area contributed by atoms with Crippen molar-refractivity contribution in [2.75, 3.05) is 42.6 Å². The quantitative estimate of drug-likeness (QED) is 0.853. The van der Waals surface area contributed by atoms with Gasteiger partial charge in [-0.1, -0.05) is 30.4 Å². The third kappa shape index (κ3) is 3.71. The average Bonchev–Trinajstić information content (AvgIpc) is 3.07. The summed E-state index contributed by atoms with van der Waals surface area (Å²) in [4.78, 5) is 20.7. The van der Waals surface area contributed by atoms with E-state index in [0.717, 1.165) is 42.7 Å². The van der Waals surface area contributed by atoms with E-state index in [1.807, 2.05) is 32.0 Å². The van der Waals surface area contributed by atoms with Gasteiger partial charge in [0, 0.05) is 26.2 Å². The molecule has 25 heavy (non-hydrogen) atoms. The third-order valence-corrected chi connectivity index (χ3v) is 5.42. The normalized spacial score (nSPS) is 14.6. The van der Waals surface area contributed by atoms with Crippen molar-refractivity contribution < 1.29 is 14.6 Å². The Hall–Kier alpha value is -2.28. The highest BCUT2D eigenvalue weighted by Gasteiger charge is 2.24. The Labute approximate surface area is 151 Å². The van der Waals surface area contributed by atoms with Gasteiger partial charge >= 0.3 is 5.97 Å². The van der Waals surface area contributed by atoms with Crippen LogP contribution in [0, 0.1) is 0 Å². The number of thiazole rings is 1. The summed E-state index contributed by atoms with van der Waals surface area (Å²) in [7, 11) is 0. The van der Waals surface area contributed by atoms with Crippen LogP contribution in [0.15, 0.2) is 24.3 Å². The number of carboxylic acid groups (broad SMARTS) is 1. The summed E-state index contributed by atoms with van der Waals surface area (Å²) >= 11 is 1.28. The van der Waals surface area contributed by atoms with Gasteiger partial charge in [0.1, 0.15) is 10.6 Å². The van der Waals surface area contributed by atoms with Crippen LogP contribution in [0.1, 0.15) is 29.2 Å². The summed E-state index contributed by atoms with van der Waals surface area (Å²) in [5, 5.41) is 10.1. The maximum Gasteiger partial charge on any atom is 0.347 e. The number of aromatic carboxylic acids is 1. The molecule has 0 atom stereocenters. The van der Waals surface area contributed by atoms with E-state index >= 15 is 0 Å². The molecular formula is C18H23N3O3S. The van der Waals surface area contributed by atoms with Crippen molar-refractivity contribution in [3.05, 3.63) is 34.8 Å². The molecule has 0 aliphatic carbocycles. The molecule has 1 aliphatic heterocycles. The predicted molar refractivity (Wildman–Crippen MR) is 100 cm³/mol. The van der Waals surface area contributed by atoms with E-state index in [4.69, 9.17) is 4.74 Å². The van der Waals surface area contributed by atoms with Gasteiger partial charge in [-0.2, -0.15) is 0 Å². The van der Waals surface area contributed by atoms with Gasteiger partial charge in [0.05, 0.1) is 18.0 Å². The number of nitrogens with zero attached hydrogens (tertiary/aromatic N) is 3.